The van der Waals surface area contributed by atoms with Crippen molar-refractivity contribution in [3.8, 4) is 0 Å². The van der Waals surface area contributed by atoms with Crippen molar-refractivity contribution in [3.63, 3.8) is 0 Å². The van der Waals surface area contributed by atoms with Crippen LogP contribution in [0.2, 0.25) is 0 Å². The Morgan fingerprint density at radius 2 is 2.26 bits per heavy atom. The number of rotatable bonds is 4. The minimum Gasteiger partial charge on any atom is -0.377 e. The molecular weight excluding hydrogens is 294 g/mol. The maximum Gasteiger partial charge on any atom is 0.271 e. The fourth-order valence-electron chi connectivity index (χ4n) is 3.08. The Morgan fingerprint density at radius 1 is 1.43 bits per heavy atom. The summed E-state index contributed by atoms with van der Waals surface area (Å²) < 4.78 is 7.01. The molecule has 0 aliphatic carbocycles. The first-order chi connectivity index (χ1) is 11.1. The number of aromatic nitrogens is 4. The number of aromatic amines is 1. The molecule has 124 valence electrons. The highest BCUT2D eigenvalue weighted by atomic mass is 16.5. The number of H-pyrrole nitrogens is 1. The van der Waals surface area contributed by atoms with Crippen LogP contribution in [0.5, 0.6) is 0 Å². The minimum absolute atomic E-state index is 0.0448. The molecule has 0 spiro atoms. The molecule has 0 saturated carbocycles. The quantitative estimate of drug-likeness (QED) is 0.935. The summed E-state index contributed by atoms with van der Waals surface area (Å²) in [5.74, 6) is 1.41. The first-order valence-electron chi connectivity index (χ1n) is 7.95. The monoisotopic (exact) mass is 317 g/mol. The highest BCUT2D eigenvalue weighted by Crippen LogP contribution is 2.30. The Hall–Kier alpha value is -2.15. The number of methoxy groups -OCH3 is 1. The Morgan fingerprint density at radius 3 is 2.96 bits per heavy atom. The number of nitrogens with one attached hydrogen (secondary N) is 1. The summed E-state index contributed by atoms with van der Waals surface area (Å²) in [6.45, 7) is 3.13. The van der Waals surface area contributed by atoms with Gasteiger partial charge in [0.05, 0.1) is 6.04 Å². The molecule has 3 rings (SSSR count). The van der Waals surface area contributed by atoms with Crippen molar-refractivity contribution in [1.82, 2.24) is 24.6 Å². The largest absolute Gasteiger partial charge is 0.377 e. The Kier molecular flexibility index (Phi) is 4.47. The molecule has 2 aromatic heterocycles. The summed E-state index contributed by atoms with van der Waals surface area (Å²) in [4.78, 5) is 19.4. The number of piperidine rings is 1. The number of amides is 1. The third kappa shape index (κ3) is 3.01. The number of likely N-dealkylation sites (tertiary alicyclic amines) is 1. The van der Waals surface area contributed by atoms with Crippen LogP contribution in [-0.4, -0.2) is 44.2 Å². The fourth-order valence-corrected chi connectivity index (χ4v) is 3.08. The Labute approximate surface area is 135 Å². The van der Waals surface area contributed by atoms with Gasteiger partial charge < -0.3 is 14.2 Å². The SMILES string of the molecule is COCc1nc(C2CCCCN2C(=O)c2ccc(C)n2C)n[nH]1. The van der Waals surface area contributed by atoms with Crippen molar-refractivity contribution >= 4 is 5.91 Å². The summed E-state index contributed by atoms with van der Waals surface area (Å²) >= 11 is 0. The predicted octanol–water partition coefficient (Wildman–Crippen LogP) is 1.97. The number of nitrogens with zero attached hydrogens (tertiary/aromatic N) is 4. The Bertz CT molecular complexity index is 690. The van der Waals surface area contributed by atoms with Crippen molar-refractivity contribution in [3.05, 3.63) is 35.2 Å². The fraction of sp³-hybridized carbons (Fsp3) is 0.562. The van der Waals surface area contributed by atoms with Gasteiger partial charge in [0.2, 0.25) is 0 Å². The van der Waals surface area contributed by atoms with E-state index in [1.165, 1.54) is 0 Å². The van der Waals surface area contributed by atoms with Crippen molar-refractivity contribution in [1.29, 1.82) is 0 Å². The standard InChI is InChI=1S/C16H23N5O2/c1-11-7-8-13(20(11)2)16(22)21-9-5-4-6-12(21)15-17-14(10-23-3)18-19-15/h7-8,12H,4-6,9-10H2,1-3H3,(H,17,18,19). The average Bonchev–Trinajstić information content (AvgIpc) is 3.15. The molecule has 7 nitrogen and oxygen atoms in total. The molecule has 1 amide bonds. The minimum atomic E-state index is -0.0756. The molecule has 0 bridgehead atoms. The summed E-state index contributed by atoms with van der Waals surface area (Å²) in [7, 11) is 3.54. The lowest BCUT2D eigenvalue weighted by Gasteiger charge is -2.34. The van der Waals surface area contributed by atoms with E-state index in [-0.39, 0.29) is 11.9 Å². The molecule has 1 unspecified atom stereocenters. The van der Waals surface area contributed by atoms with Gasteiger partial charge in [-0.25, -0.2) is 4.98 Å². The first-order valence-corrected chi connectivity index (χ1v) is 7.95. The molecule has 1 N–H and O–H groups in total. The van der Waals surface area contributed by atoms with Gasteiger partial charge in [-0.3, -0.25) is 9.89 Å². The van der Waals surface area contributed by atoms with Crippen LogP contribution < -0.4 is 0 Å². The van der Waals surface area contributed by atoms with E-state index in [4.69, 9.17) is 4.74 Å². The van der Waals surface area contributed by atoms with Crippen molar-refractivity contribution in [2.75, 3.05) is 13.7 Å². The summed E-state index contributed by atoms with van der Waals surface area (Å²) in [5.41, 5.74) is 1.78. The van der Waals surface area contributed by atoms with Crippen LogP contribution in [0.1, 0.15) is 53.1 Å². The second-order valence-corrected chi connectivity index (χ2v) is 6.00. The molecule has 7 heteroatoms. The van der Waals surface area contributed by atoms with E-state index in [2.05, 4.69) is 15.2 Å². The van der Waals surface area contributed by atoms with Crippen LogP contribution in [0.4, 0.5) is 0 Å². The molecule has 1 aliphatic heterocycles. The first kappa shape index (κ1) is 15.7. The van der Waals surface area contributed by atoms with Gasteiger partial charge in [0.1, 0.15) is 12.3 Å². The summed E-state index contributed by atoms with van der Waals surface area (Å²) in [6, 6.07) is 3.78. The third-order valence-corrected chi connectivity index (χ3v) is 4.48. The van der Waals surface area contributed by atoms with Gasteiger partial charge in [-0.15, -0.1) is 0 Å². The second kappa shape index (κ2) is 6.54. The summed E-state index contributed by atoms with van der Waals surface area (Å²) in [6.07, 6.45) is 2.98. The van der Waals surface area contributed by atoms with E-state index in [0.29, 0.717) is 23.9 Å². The van der Waals surface area contributed by atoms with E-state index >= 15 is 0 Å². The van der Waals surface area contributed by atoms with Crippen molar-refractivity contribution < 1.29 is 9.53 Å². The molecule has 0 aromatic carbocycles. The number of ether oxygens (including phenoxy) is 1. The molecule has 1 aliphatic rings. The van der Waals surface area contributed by atoms with Gasteiger partial charge in [-0.1, -0.05) is 0 Å². The molecule has 1 fully saturated rings. The molecule has 0 radical (unpaired) electrons. The van der Waals surface area contributed by atoms with Crippen LogP contribution in [0.3, 0.4) is 0 Å². The van der Waals surface area contributed by atoms with Gasteiger partial charge >= 0.3 is 0 Å². The number of hydrogen-bond acceptors (Lipinski definition) is 4. The zero-order valence-electron chi connectivity index (χ0n) is 13.9. The summed E-state index contributed by atoms with van der Waals surface area (Å²) in [5, 5.41) is 7.19. The van der Waals surface area contributed by atoms with Crippen molar-refractivity contribution in [2.24, 2.45) is 7.05 Å². The van der Waals surface area contributed by atoms with Gasteiger partial charge in [0, 0.05) is 26.4 Å². The van der Waals surface area contributed by atoms with Gasteiger partial charge in [0.25, 0.3) is 5.91 Å². The molecule has 23 heavy (non-hydrogen) atoms. The average molecular weight is 317 g/mol. The maximum atomic E-state index is 13.0. The van der Waals surface area contributed by atoms with Crippen LogP contribution in [0, 0.1) is 6.92 Å². The lowest BCUT2D eigenvalue weighted by atomic mass is 10.0. The van der Waals surface area contributed by atoms with Crippen LogP contribution in [0.25, 0.3) is 0 Å². The highest BCUT2D eigenvalue weighted by molar-refractivity contribution is 5.93. The number of hydrogen-bond donors (Lipinski definition) is 1. The lowest BCUT2D eigenvalue weighted by molar-refractivity contribution is 0.0590. The van der Waals surface area contributed by atoms with Crippen LogP contribution in [-0.2, 0) is 18.4 Å². The number of carbonyl (C=O) groups excluding carboxylic acids is 1. The second-order valence-electron chi connectivity index (χ2n) is 6.00. The van der Waals surface area contributed by atoms with E-state index in [9.17, 15) is 4.79 Å². The third-order valence-electron chi connectivity index (χ3n) is 4.48. The van der Waals surface area contributed by atoms with E-state index in [0.717, 1.165) is 31.5 Å². The van der Waals surface area contributed by atoms with Crippen molar-refractivity contribution in [2.45, 2.75) is 38.8 Å². The van der Waals surface area contributed by atoms with E-state index in [1.807, 2.05) is 35.6 Å². The number of aryl methyl sites for hydroxylation is 1. The zero-order valence-corrected chi connectivity index (χ0v) is 13.9. The molecular formula is C16H23N5O2. The van der Waals surface area contributed by atoms with Gasteiger partial charge in [0.15, 0.2) is 11.6 Å². The van der Waals surface area contributed by atoms with Gasteiger partial charge in [-0.2, -0.15) is 5.10 Å². The predicted molar refractivity (Wildman–Crippen MR) is 84.9 cm³/mol. The topological polar surface area (TPSA) is 76.0 Å². The van der Waals surface area contributed by atoms with E-state index in [1.54, 1.807) is 7.11 Å². The Balaban J connectivity index is 1.86. The molecule has 1 saturated heterocycles. The number of carbonyl (C=O) groups is 1. The smallest absolute Gasteiger partial charge is 0.271 e. The van der Waals surface area contributed by atoms with E-state index < -0.39 is 0 Å². The lowest BCUT2D eigenvalue weighted by Crippen LogP contribution is -2.39. The molecule has 2 aromatic rings. The highest BCUT2D eigenvalue weighted by Gasteiger charge is 2.32. The zero-order chi connectivity index (χ0) is 16.4. The molecule has 3 heterocycles. The maximum absolute atomic E-state index is 13.0. The molecule has 1 atom stereocenters. The van der Waals surface area contributed by atoms with Crippen LogP contribution >= 0.6 is 0 Å². The van der Waals surface area contributed by atoms with Gasteiger partial charge in [-0.05, 0) is 38.3 Å². The van der Waals surface area contributed by atoms with Crippen LogP contribution in [0.15, 0.2) is 12.1 Å². The normalized spacial score (nSPS) is 18.4.